The van der Waals surface area contributed by atoms with E-state index in [2.05, 4.69) is 0 Å². The lowest BCUT2D eigenvalue weighted by atomic mass is 10.1. The fourth-order valence-electron chi connectivity index (χ4n) is 1.51. The lowest BCUT2D eigenvalue weighted by Gasteiger charge is -2.06. The molecule has 6 heteroatoms. The van der Waals surface area contributed by atoms with Crippen molar-refractivity contribution in [3.8, 4) is 0 Å². The van der Waals surface area contributed by atoms with Crippen molar-refractivity contribution in [2.75, 3.05) is 12.3 Å². The molecule has 0 bridgehead atoms. The molecule has 0 saturated carbocycles. The van der Waals surface area contributed by atoms with E-state index in [0.29, 0.717) is 30.0 Å². The highest BCUT2D eigenvalue weighted by atomic mass is 32.2. The number of rotatable bonds is 6. The molecule has 0 heterocycles. The van der Waals surface area contributed by atoms with Crippen LogP contribution in [0.15, 0.2) is 18.2 Å². The van der Waals surface area contributed by atoms with E-state index in [9.17, 15) is 14.3 Å². The number of nitrogens with zero attached hydrogens (tertiary/aromatic N) is 1. The Balaban J connectivity index is 2.81. The Hall–Kier alpha value is -1.27. The molecule has 5 nitrogen and oxygen atoms in total. The molecular weight excluding hydrogens is 240 g/mol. The maximum Gasteiger partial charge on any atom is 0.272 e. The average molecular weight is 256 g/mol. The highest BCUT2D eigenvalue weighted by Gasteiger charge is 2.14. The molecule has 1 aromatic carbocycles. The number of nitro groups is 1. The molecule has 0 radical (unpaired) electrons. The number of nitrogens with two attached hydrogens (primary N) is 1. The van der Waals surface area contributed by atoms with E-state index in [1.165, 1.54) is 6.07 Å². The predicted octanol–water partition coefficient (Wildman–Crippen LogP) is 1.50. The minimum absolute atomic E-state index is 0.0818. The Morgan fingerprint density at radius 2 is 2.18 bits per heavy atom. The first-order chi connectivity index (χ1) is 8.06. The van der Waals surface area contributed by atoms with Crippen LogP contribution in [0, 0.1) is 17.0 Å². The topological polar surface area (TPSA) is 86.2 Å². The van der Waals surface area contributed by atoms with Crippen LogP contribution in [0.25, 0.3) is 0 Å². The number of hydrogen-bond acceptors (Lipinski definition) is 4. The van der Waals surface area contributed by atoms with Gasteiger partial charge in [0.2, 0.25) is 0 Å². The molecule has 0 saturated heterocycles. The predicted molar refractivity (Wildman–Crippen MR) is 68.2 cm³/mol. The molecule has 0 aromatic heterocycles. The van der Waals surface area contributed by atoms with Gasteiger partial charge in [-0.1, -0.05) is 12.1 Å². The van der Waals surface area contributed by atoms with Gasteiger partial charge in [-0.25, -0.2) is 0 Å². The van der Waals surface area contributed by atoms with Crippen molar-refractivity contribution < 1.29 is 9.13 Å². The number of nitro benzene ring substituents is 1. The molecule has 17 heavy (non-hydrogen) atoms. The molecule has 0 aliphatic rings. The zero-order valence-electron chi connectivity index (χ0n) is 9.72. The summed E-state index contributed by atoms with van der Waals surface area (Å²) in [6, 6.07) is 4.87. The van der Waals surface area contributed by atoms with Crippen molar-refractivity contribution >= 4 is 16.5 Å². The summed E-state index contributed by atoms with van der Waals surface area (Å²) in [7, 11) is -1.01. The molecule has 0 aliphatic carbocycles. The molecule has 1 unspecified atom stereocenters. The van der Waals surface area contributed by atoms with Crippen molar-refractivity contribution in [1.82, 2.24) is 0 Å². The normalized spacial score (nSPS) is 12.4. The molecule has 0 spiro atoms. The van der Waals surface area contributed by atoms with Gasteiger partial charge in [0, 0.05) is 33.9 Å². The second kappa shape index (κ2) is 6.46. The van der Waals surface area contributed by atoms with Crippen LogP contribution in [0.4, 0.5) is 5.69 Å². The molecule has 1 rings (SSSR count). The summed E-state index contributed by atoms with van der Waals surface area (Å²) in [6.07, 6.45) is 0.709. The third kappa shape index (κ3) is 3.90. The quantitative estimate of drug-likeness (QED) is 0.617. The lowest BCUT2D eigenvalue weighted by molar-refractivity contribution is -0.385. The largest absolute Gasteiger partial charge is 0.330 e. The van der Waals surface area contributed by atoms with Crippen molar-refractivity contribution in [3.63, 3.8) is 0 Å². The number of hydrogen-bond donors (Lipinski definition) is 1. The summed E-state index contributed by atoms with van der Waals surface area (Å²) < 4.78 is 11.7. The van der Waals surface area contributed by atoms with E-state index in [-0.39, 0.29) is 5.69 Å². The Morgan fingerprint density at radius 3 is 2.76 bits per heavy atom. The van der Waals surface area contributed by atoms with Crippen molar-refractivity contribution in [2.45, 2.75) is 19.1 Å². The van der Waals surface area contributed by atoms with E-state index in [1.807, 2.05) is 0 Å². The lowest BCUT2D eigenvalue weighted by Crippen LogP contribution is -2.08. The average Bonchev–Trinajstić information content (AvgIpc) is 2.28. The van der Waals surface area contributed by atoms with Gasteiger partial charge in [0.05, 0.1) is 4.92 Å². The van der Waals surface area contributed by atoms with Crippen LogP contribution >= 0.6 is 0 Å². The molecule has 0 fully saturated rings. The maximum absolute atomic E-state index is 11.7. The van der Waals surface area contributed by atoms with Gasteiger partial charge in [-0.3, -0.25) is 14.3 Å². The van der Waals surface area contributed by atoms with Crippen LogP contribution in [0.3, 0.4) is 0 Å². The minimum atomic E-state index is -1.01. The van der Waals surface area contributed by atoms with Gasteiger partial charge in [-0.2, -0.15) is 0 Å². The first-order valence-corrected chi connectivity index (χ1v) is 6.83. The molecule has 0 aliphatic heterocycles. The zero-order chi connectivity index (χ0) is 12.8. The van der Waals surface area contributed by atoms with E-state index < -0.39 is 15.7 Å². The van der Waals surface area contributed by atoms with Gasteiger partial charge in [-0.15, -0.1) is 0 Å². The van der Waals surface area contributed by atoms with Gasteiger partial charge in [-0.05, 0) is 25.5 Å². The highest BCUT2D eigenvalue weighted by Crippen LogP contribution is 2.22. The van der Waals surface area contributed by atoms with Gasteiger partial charge >= 0.3 is 0 Å². The Morgan fingerprint density at radius 1 is 1.47 bits per heavy atom. The Kier molecular flexibility index (Phi) is 5.24. The summed E-state index contributed by atoms with van der Waals surface area (Å²) in [5, 5.41) is 10.7. The molecule has 2 N–H and O–H groups in total. The van der Waals surface area contributed by atoms with Crippen molar-refractivity contribution in [1.29, 1.82) is 0 Å². The Bertz CT molecular complexity index is 435. The third-order valence-electron chi connectivity index (χ3n) is 2.51. The summed E-state index contributed by atoms with van der Waals surface area (Å²) in [5.74, 6) is 0.895. The maximum atomic E-state index is 11.7. The van der Waals surface area contributed by atoms with Crippen LogP contribution in [0.2, 0.25) is 0 Å². The van der Waals surface area contributed by atoms with Crippen molar-refractivity contribution in [3.05, 3.63) is 39.4 Å². The van der Waals surface area contributed by atoms with Crippen LogP contribution in [-0.2, 0) is 16.6 Å². The van der Waals surface area contributed by atoms with E-state index in [1.54, 1.807) is 19.1 Å². The first-order valence-electron chi connectivity index (χ1n) is 5.34. The second-order valence-electron chi connectivity index (χ2n) is 3.75. The third-order valence-corrected chi connectivity index (χ3v) is 3.88. The number of benzene rings is 1. The minimum Gasteiger partial charge on any atom is -0.330 e. The Labute approximate surface area is 103 Å². The van der Waals surface area contributed by atoms with Crippen molar-refractivity contribution in [2.24, 2.45) is 5.73 Å². The first kappa shape index (κ1) is 13.8. The van der Waals surface area contributed by atoms with Gasteiger partial charge in [0.25, 0.3) is 5.69 Å². The molecule has 1 atom stereocenters. The fraction of sp³-hybridized carbons (Fsp3) is 0.455. The van der Waals surface area contributed by atoms with E-state index in [4.69, 9.17) is 5.73 Å². The van der Waals surface area contributed by atoms with Crippen LogP contribution in [0.5, 0.6) is 0 Å². The standard InChI is InChI=1S/C11H16N2O3S/c1-9-10(8-17(16)7-3-6-12)4-2-5-11(9)13(14)15/h2,4-5H,3,6-8,12H2,1H3. The smallest absolute Gasteiger partial charge is 0.272 e. The van der Waals surface area contributed by atoms with Gasteiger partial charge in [0.1, 0.15) is 0 Å². The zero-order valence-corrected chi connectivity index (χ0v) is 10.5. The summed E-state index contributed by atoms with van der Waals surface area (Å²) in [5.41, 5.74) is 6.79. The second-order valence-corrected chi connectivity index (χ2v) is 5.33. The van der Waals surface area contributed by atoms with E-state index >= 15 is 0 Å². The van der Waals surface area contributed by atoms with Crippen LogP contribution < -0.4 is 5.73 Å². The fourth-order valence-corrected chi connectivity index (χ4v) is 2.81. The SMILES string of the molecule is Cc1c(CS(=O)CCCN)cccc1[N+](=O)[O-]. The summed E-state index contributed by atoms with van der Waals surface area (Å²) in [6.45, 7) is 2.20. The van der Waals surface area contributed by atoms with Gasteiger partial charge in [0.15, 0.2) is 0 Å². The monoisotopic (exact) mass is 256 g/mol. The highest BCUT2D eigenvalue weighted by molar-refractivity contribution is 7.84. The van der Waals surface area contributed by atoms with Crippen LogP contribution in [0.1, 0.15) is 17.5 Å². The summed E-state index contributed by atoms with van der Waals surface area (Å²) in [4.78, 5) is 10.3. The van der Waals surface area contributed by atoms with Crippen LogP contribution in [-0.4, -0.2) is 21.4 Å². The molecule has 1 aromatic rings. The van der Waals surface area contributed by atoms with E-state index in [0.717, 1.165) is 5.56 Å². The molecular formula is C11H16N2O3S. The molecule has 94 valence electrons. The summed E-state index contributed by atoms with van der Waals surface area (Å²) >= 11 is 0. The molecule has 0 amide bonds. The van der Waals surface area contributed by atoms with Gasteiger partial charge < -0.3 is 5.73 Å².